The first kappa shape index (κ1) is 11.2. The van der Waals surface area contributed by atoms with Gasteiger partial charge in [0.2, 0.25) is 0 Å². The molecule has 0 radical (unpaired) electrons. The second kappa shape index (κ2) is 5.81. The van der Waals surface area contributed by atoms with E-state index in [0.717, 1.165) is 11.3 Å². The molecule has 0 aliphatic carbocycles. The number of allylic oxidation sites excluding steroid dienone is 2. The normalized spacial score (nSPS) is 10.9. The molecule has 0 aliphatic rings. The van der Waals surface area contributed by atoms with Crippen molar-refractivity contribution in [2.75, 3.05) is 0 Å². The summed E-state index contributed by atoms with van der Waals surface area (Å²) in [5.74, 6) is 0.601. The van der Waals surface area contributed by atoms with E-state index in [1.54, 1.807) is 6.08 Å². The van der Waals surface area contributed by atoms with Gasteiger partial charge in [0.15, 0.2) is 0 Å². The summed E-state index contributed by atoms with van der Waals surface area (Å²) in [6, 6.07) is 9.96. The van der Waals surface area contributed by atoms with E-state index in [0.29, 0.717) is 12.4 Å². The maximum atomic E-state index is 5.44. The Balaban J connectivity index is 2.45. The summed E-state index contributed by atoms with van der Waals surface area (Å²) < 4.78 is 5.44. The molecule has 0 aromatic heterocycles. The molecule has 0 saturated carbocycles. The Labute approximate surface area is 90.6 Å². The lowest BCUT2D eigenvalue weighted by Crippen LogP contribution is -1.90. The van der Waals surface area contributed by atoms with Crippen molar-refractivity contribution in [1.29, 1.82) is 0 Å². The maximum Gasteiger partial charge on any atom is 0.114 e. The minimum Gasteiger partial charge on any atom is -0.489 e. The van der Waals surface area contributed by atoms with Crippen molar-refractivity contribution in [2.45, 2.75) is 13.5 Å². The highest BCUT2D eigenvalue weighted by Crippen LogP contribution is 2.07. The summed E-state index contributed by atoms with van der Waals surface area (Å²) in [5, 5.41) is 0. The van der Waals surface area contributed by atoms with Crippen molar-refractivity contribution in [2.24, 2.45) is 4.99 Å². The first-order valence-corrected chi connectivity index (χ1v) is 4.73. The zero-order chi connectivity index (χ0) is 11.1. The maximum absolute atomic E-state index is 5.44. The van der Waals surface area contributed by atoms with Gasteiger partial charge in [-0.3, -0.25) is 4.99 Å². The molecule has 2 heteroatoms. The minimum absolute atomic E-state index is 0.528. The molecule has 0 atom stereocenters. The molecule has 2 nitrogen and oxygen atoms in total. The van der Waals surface area contributed by atoms with Crippen molar-refractivity contribution in [1.82, 2.24) is 0 Å². The minimum atomic E-state index is 0.528. The van der Waals surface area contributed by atoms with Crippen LogP contribution in [0.3, 0.4) is 0 Å². The molecule has 0 heterocycles. The Hall–Kier alpha value is -1.83. The van der Waals surface area contributed by atoms with Crippen LogP contribution >= 0.6 is 0 Å². The van der Waals surface area contributed by atoms with Crippen molar-refractivity contribution >= 4 is 6.72 Å². The molecule has 1 rings (SSSR count). The molecule has 0 fully saturated rings. The van der Waals surface area contributed by atoms with Crippen molar-refractivity contribution in [3.8, 4) is 0 Å². The molecule has 0 spiro atoms. The van der Waals surface area contributed by atoms with E-state index >= 15 is 0 Å². The highest BCUT2D eigenvalue weighted by Gasteiger charge is 1.93. The van der Waals surface area contributed by atoms with Crippen LogP contribution < -0.4 is 0 Å². The molecule has 0 aliphatic heterocycles. The summed E-state index contributed by atoms with van der Waals surface area (Å²) in [5.41, 5.74) is 1.92. The number of benzene rings is 1. The SMILES string of the molecule is C=N/C(C)=C/C(=C)OCc1ccccc1. The van der Waals surface area contributed by atoms with E-state index in [1.807, 2.05) is 37.3 Å². The second-order valence-electron chi connectivity index (χ2n) is 3.18. The van der Waals surface area contributed by atoms with Gasteiger partial charge < -0.3 is 4.74 Å². The van der Waals surface area contributed by atoms with Crippen LogP contribution in [-0.4, -0.2) is 6.72 Å². The number of hydrogen-bond donors (Lipinski definition) is 0. The molecular weight excluding hydrogens is 186 g/mol. The van der Waals surface area contributed by atoms with E-state index in [4.69, 9.17) is 4.74 Å². The Morgan fingerprint density at radius 3 is 2.67 bits per heavy atom. The van der Waals surface area contributed by atoms with Gasteiger partial charge in [-0.05, 0) is 19.2 Å². The van der Waals surface area contributed by atoms with Crippen LogP contribution in [0.5, 0.6) is 0 Å². The number of nitrogens with zero attached hydrogens (tertiary/aromatic N) is 1. The van der Waals surface area contributed by atoms with Crippen LogP contribution in [0.4, 0.5) is 0 Å². The van der Waals surface area contributed by atoms with Gasteiger partial charge in [-0.15, -0.1) is 0 Å². The van der Waals surface area contributed by atoms with E-state index in [9.17, 15) is 0 Å². The third-order valence-corrected chi connectivity index (χ3v) is 1.89. The van der Waals surface area contributed by atoms with Crippen LogP contribution in [0, 0.1) is 0 Å². The summed E-state index contributed by atoms with van der Waals surface area (Å²) in [6.45, 7) is 9.57. The molecule has 1 aromatic carbocycles. The summed E-state index contributed by atoms with van der Waals surface area (Å²) >= 11 is 0. The average Bonchev–Trinajstić information content (AvgIpc) is 2.27. The quantitative estimate of drug-likeness (QED) is 0.407. The molecule has 0 amide bonds. The van der Waals surface area contributed by atoms with Gasteiger partial charge in [0.05, 0.1) is 0 Å². The standard InChI is InChI=1S/C13H15NO/c1-11(14-3)9-12(2)15-10-13-7-5-4-6-8-13/h4-9H,2-3,10H2,1H3/b11-9+. The Kier molecular flexibility index (Phi) is 4.35. The lowest BCUT2D eigenvalue weighted by Gasteiger charge is -2.05. The highest BCUT2D eigenvalue weighted by atomic mass is 16.5. The summed E-state index contributed by atoms with van der Waals surface area (Å²) in [7, 11) is 0. The highest BCUT2D eigenvalue weighted by molar-refractivity contribution is 5.30. The molecule has 15 heavy (non-hydrogen) atoms. The molecule has 0 bridgehead atoms. The average molecular weight is 201 g/mol. The summed E-state index contributed by atoms with van der Waals surface area (Å²) in [4.78, 5) is 3.75. The van der Waals surface area contributed by atoms with Crippen LogP contribution in [0.25, 0.3) is 0 Å². The largest absolute Gasteiger partial charge is 0.489 e. The van der Waals surface area contributed by atoms with E-state index in [2.05, 4.69) is 18.3 Å². The summed E-state index contributed by atoms with van der Waals surface area (Å²) in [6.07, 6.45) is 1.76. The van der Waals surface area contributed by atoms with Gasteiger partial charge >= 0.3 is 0 Å². The van der Waals surface area contributed by atoms with Gasteiger partial charge in [0, 0.05) is 11.8 Å². The van der Waals surface area contributed by atoms with E-state index < -0.39 is 0 Å². The fourth-order valence-corrected chi connectivity index (χ4v) is 1.07. The van der Waals surface area contributed by atoms with Crippen molar-refractivity contribution < 1.29 is 4.74 Å². The molecular formula is C13H15NO. The van der Waals surface area contributed by atoms with Crippen molar-refractivity contribution in [3.63, 3.8) is 0 Å². The smallest absolute Gasteiger partial charge is 0.114 e. The first-order chi connectivity index (χ1) is 7.22. The third-order valence-electron chi connectivity index (χ3n) is 1.89. The molecule has 0 N–H and O–H groups in total. The zero-order valence-electron chi connectivity index (χ0n) is 8.94. The predicted molar refractivity (Wildman–Crippen MR) is 63.7 cm³/mol. The molecule has 0 unspecified atom stereocenters. The second-order valence-corrected chi connectivity index (χ2v) is 3.18. The number of hydrogen-bond acceptors (Lipinski definition) is 2. The monoisotopic (exact) mass is 201 g/mol. The molecule has 1 aromatic rings. The van der Waals surface area contributed by atoms with Gasteiger partial charge in [0.1, 0.15) is 12.4 Å². The third kappa shape index (κ3) is 4.27. The predicted octanol–water partition coefficient (Wildman–Crippen LogP) is 3.32. The molecule has 0 saturated heterocycles. The Morgan fingerprint density at radius 1 is 1.40 bits per heavy atom. The van der Waals surface area contributed by atoms with Gasteiger partial charge in [-0.1, -0.05) is 36.9 Å². The number of ether oxygens (including phenoxy) is 1. The fourth-order valence-electron chi connectivity index (χ4n) is 1.07. The zero-order valence-corrected chi connectivity index (χ0v) is 8.94. The van der Waals surface area contributed by atoms with Crippen LogP contribution in [0.15, 0.2) is 59.4 Å². The van der Waals surface area contributed by atoms with E-state index in [-0.39, 0.29) is 0 Å². The topological polar surface area (TPSA) is 21.6 Å². The molecule has 78 valence electrons. The number of aliphatic imine (C=N–C) groups is 1. The van der Waals surface area contributed by atoms with Crippen molar-refractivity contribution in [3.05, 3.63) is 60.0 Å². The van der Waals surface area contributed by atoms with Gasteiger partial charge in [-0.25, -0.2) is 0 Å². The Morgan fingerprint density at radius 2 is 2.07 bits per heavy atom. The fraction of sp³-hybridized carbons (Fsp3) is 0.154. The van der Waals surface area contributed by atoms with Crippen LogP contribution in [0.1, 0.15) is 12.5 Å². The van der Waals surface area contributed by atoms with Gasteiger partial charge in [-0.2, -0.15) is 0 Å². The lowest BCUT2D eigenvalue weighted by atomic mass is 10.2. The van der Waals surface area contributed by atoms with E-state index in [1.165, 1.54) is 0 Å². The Bertz CT molecular complexity index is 365. The van der Waals surface area contributed by atoms with Crippen LogP contribution in [-0.2, 0) is 11.3 Å². The van der Waals surface area contributed by atoms with Gasteiger partial charge in [0.25, 0.3) is 0 Å². The first-order valence-electron chi connectivity index (χ1n) is 4.73. The number of rotatable bonds is 5. The van der Waals surface area contributed by atoms with Crippen LogP contribution in [0.2, 0.25) is 0 Å². The lowest BCUT2D eigenvalue weighted by molar-refractivity contribution is 0.212.